The minimum absolute atomic E-state index is 0.0571. The minimum atomic E-state index is -0.434. The van der Waals surface area contributed by atoms with Crippen LogP contribution in [0.15, 0.2) is 58.7 Å². The Morgan fingerprint density at radius 1 is 0.909 bits per heavy atom. The molecule has 0 N–H and O–H groups in total. The first-order chi connectivity index (χ1) is 10.6. The predicted octanol–water partition coefficient (Wildman–Crippen LogP) is 3.11. The van der Waals surface area contributed by atoms with Crippen LogP contribution in [0.25, 0.3) is 0 Å². The van der Waals surface area contributed by atoms with E-state index in [-0.39, 0.29) is 5.69 Å². The molecule has 0 radical (unpaired) electrons. The number of nitrogens with zero attached hydrogens (tertiary/aromatic N) is 4. The lowest BCUT2D eigenvalue weighted by atomic mass is 10.2. The Hall–Kier alpha value is -3.02. The van der Waals surface area contributed by atoms with Crippen molar-refractivity contribution in [3.8, 4) is 0 Å². The molecule has 0 saturated heterocycles. The zero-order valence-corrected chi connectivity index (χ0v) is 12.4. The number of nitro groups is 1. The fourth-order valence-corrected chi connectivity index (χ4v) is 1.74. The zero-order valence-electron chi connectivity index (χ0n) is 12.4. The van der Waals surface area contributed by atoms with Crippen LogP contribution in [0.5, 0.6) is 0 Å². The summed E-state index contributed by atoms with van der Waals surface area (Å²) >= 11 is 0. The van der Waals surface area contributed by atoms with E-state index < -0.39 is 4.92 Å². The Bertz CT molecular complexity index is 689. The number of hydrogen-bond donors (Lipinski definition) is 0. The van der Waals surface area contributed by atoms with Crippen molar-refractivity contribution >= 4 is 23.8 Å². The lowest BCUT2D eigenvalue weighted by Gasteiger charge is -2.11. The van der Waals surface area contributed by atoms with Crippen molar-refractivity contribution in [1.29, 1.82) is 0 Å². The molecule has 6 nitrogen and oxygen atoms in total. The van der Waals surface area contributed by atoms with Gasteiger partial charge in [-0.15, -0.1) is 0 Å². The van der Waals surface area contributed by atoms with Crippen LogP contribution in [-0.2, 0) is 0 Å². The van der Waals surface area contributed by atoms with Gasteiger partial charge in [0.05, 0.1) is 17.4 Å². The standard InChI is InChI=1S/C16H16N4O2/c1-19(2)15-7-3-13(4-8-15)11-17-18-12-14-5-9-16(10-6-14)20(21)22/h3-12H,1-2H3/b17-11-,18-12-. The summed E-state index contributed by atoms with van der Waals surface area (Å²) in [7, 11) is 3.97. The maximum absolute atomic E-state index is 10.5. The van der Waals surface area contributed by atoms with Crippen LogP contribution in [0.3, 0.4) is 0 Å². The molecule has 0 saturated carbocycles. The first kappa shape index (κ1) is 15.4. The van der Waals surface area contributed by atoms with E-state index >= 15 is 0 Å². The van der Waals surface area contributed by atoms with Crippen LogP contribution < -0.4 is 4.90 Å². The summed E-state index contributed by atoms with van der Waals surface area (Å²) in [4.78, 5) is 12.1. The third-order valence-corrected chi connectivity index (χ3v) is 2.99. The van der Waals surface area contributed by atoms with Crippen molar-refractivity contribution in [2.45, 2.75) is 0 Å². The van der Waals surface area contributed by atoms with Gasteiger partial charge in [0, 0.05) is 31.9 Å². The minimum Gasteiger partial charge on any atom is -0.378 e. The van der Waals surface area contributed by atoms with E-state index in [1.54, 1.807) is 24.6 Å². The van der Waals surface area contributed by atoms with Gasteiger partial charge in [-0.1, -0.05) is 12.1 Å². The summed E-state index contributed by atoms with van der Waals surface area (Å²) in [5, 5.41) is 18.4. The van der Waals surface area contributed by atoms with Gasteiger partial charge in [0.2, 0.25) is 0 Å². The summed E-state index contributed by atoms with van der Waals surface area (Å²) in [5.41, 5.74) is 2.88. The third kappa shape index (κ3) is 4.24. The van der Waals surface area contributed by atoms with Crippen molar-refractivity contribution < 1.29 is 4.92 Å². The molecule has 0 fully saturated rings. The third-order valence-electron chi connectivity index (χ3n) is 2.99. The monoisotopic (exact) mass is 296 g/mol. The average molecular weight is 296 g/mol. The summed E-state index contributed by atoms with van der Waals surface area (Å²) in [5.74, 6) is 0. The molecule has 2 aromatic rings. The quantitative estimate of drug-likeness (QED) is 0.483. The van der Waals surface area contributed by atoms with E-state index in [0.717, 1.165) is 16.8 Å². The van der Waals surface area contributed by atoms with E-state index in [1.807, 2.05) is 43.3 Å². The van der Waals surface area contributed by atoms with E-state index in [4.69, 9.17) is 0 Å². The maximum Gasteiger partial charge on any atom is 0.269 e. The second-order valence-electron chi connectivity index (χ2n) is 4.82. The molecule has 2 rings (SSSR count). The van der Waals surface area contributed by atoms with Crippen molar-refractivity contribution in [3.05, 3.63) is 69.8 Å². The second-order valence-corrected chi connectivity index (χ2v) is 4.82. The second kappa shape index (κ2) is 7.12. The molecule has 0 bridgehead atoms. The Morgan fingerprint density at radius 3 is 1.77 bits per heavy atom. The number of rotatable bonds is 5. The van der Waals surface area contributed by atoms with Gasteiger partial charge in [-0.25, -0.2) is 0 Å². The average Bonchev–Trinajstić information content (AvgIpc) is 2.52. The normalized spacial score (nSPS) is 11.2. The summed E-state index contributed by atoms with van der Waals surface area (Å²) in [6.45, 7) is 0. The smallest absolute Gasteiger partial charge is 0.269 e. The van der Waals surface area contributed by atoms with E-state index in [1.165, 1.54) is 12.1 Å². The molecular formula is C16H16N4O2. The highest BCUT2D eigenvalue weighted by molar-refractivity contribution is 5.83. The fraction of sp³-hybridized carbons (Fsp3) is 0.125. The number of non-ortho nitro benzene ring substituents is 1. The molecule has 0 aliphatic rings. The molecule has 112 valence electrons. The SMILES string of the molecule is CN(C)c1ccc(/C=N\N=C/c2ccc([N+](=O)[O-])cc2)cc1. The molecule has 0 aliphatic carbocycles. The Labute approximate surface area is 128 Å². The molecule has 0 heterocycles. The highest BCUT2D eigenvalue weighted by atomic mass is 16.6. The first-order valence-electron chi connectivity index (χ1n) is 6.64. The highest BCUT2D eigenvalue weighted by Crippen LogP contribution is 2.11. The van der Waals surface area contributed by atoms with E-state index in [0.29, 0.717) is 0 Å². The number of anilines is 1. The molecular weight excluding hydrogens is 280 g/mol. The number of hydrogen-bond acceptors (Lipinski definition) is 5. The van der Waals surface area contributed by atoms with E-state index in [9.17, 15) is 10.1 Å². The van der Waals surface area contributed by atoms with Gasteiger partial charge in [-0.3, -0.25) is 10.1 Å². The Balaban J connectivity index is 1.97. The van der Waals surface area contributed by atoms with Gasteiger partial charge < -0.3 is 4.90 Å². The topological polar surface area (TPSA) is 71.1 Å². The molecule has 0 atom stereocenters. The van der Waals surface area contributed by atoms with Gasteiger partial charge in [-0.2, -0.15) is 10.2 Å². The number of nitro benzene ring substituents is 1. The van der Waals surface area contributed by atoms with Gasteiger partial charge in [0.25, 0.3) is 5.69 Å². The molecule has 2 aromatic carbocycles. The predicted molar refractivity (Wildman–Crippen MR) is 89.1 cm³/mol. The van der Waals surface area contributed by atoms with Crippen LogP contribution in [-0.4, -0.2) is 31.4 Å². The molecule has 0 unspecified atom stereocenters. The number of benzene rings is 2. The molecule has 0 aromatic heterocycles. The molecule has 0 aliphatic heterocycles. The largest absolute Gasteiger partial charge is 0.378 e. The van der Waals surface area contributed by atoms with Crippen LogP contribution in [0.1, 0.15) is 11.1 Å². The molecule has 22 heavy (non-hydrogen) atoms. The molecule has 0 amide bonds. The summed E-state index contributed by atoms with van der Waals surface area (Å²) < 4.78 is 0. The Kier molecular flexibility index (Phi) is 4.98. The summed E-state index contributed by atoms with van der Waals surface area (Å²) in [6, 6.07) is 14.0. The lowest BCUT2D eigenvalue weighted by molar-refractivity contribution is -0.384. The van der Waals surface area contributed by atoms with Crippen molar-refractivity contribution in [3.63, 3.8) is 0 Å². The van der Waals surface area contributed by atoms with Crippen molar-refractivity contribution in [2.75, 3.05) is 19.0 Å². The highest BCUT2D eigenvalue weighted by Gasteiger charge is 2.02. The van der Waals surface area contributed by atoms with Crippen LogP contribution in [0.2, 0.25) is 0 Å². The van der Waals surface area contributed by atoms with Gasteiger partial charge >= 0.3 is 0 Å². The summed E-state index contributed by atoms with van der Waals surface area (Å²) in [6.07, 6.45) is 3.20. The van der Waals surface area contributed by atoms with Crippen molar-refractivity contribution in [1.82, 2.24) is 0 Å². The molecule has 6 heteroatoms. The lowest BCUT2D eigenvalue weighted by Crippen LogP contribution is -2.08. The maximum atomic E-state index is 10.5. The fourth-order valence-electron chi connectivity index (χ4n) is 1.74. The first-order valence-corrected chi connectivity index (χ1v) is 6.64. The van der Waals surface area contributed by atoms with Crippen LogP contribution in [0, 0.1) is 10.1 Å². The van der Waals surface area contributed by atoms with E-state index in [2.05, 4.69) is 10.2 Å². The Morgan fingerprint density at radius 2 is 1.36 bits per heavy atom. The van der Waals surface area contributed by atoms with Gasteiger partial charge in [0.15, 0.2) is 0 Å². The van der Waals surface area contributed by atoms with Gasteiger partial charge in [0.1, 0.15) is 0 Å². The van der Waals surface area contributed by atoms with Crippen LogP contribution >= 0.6 is 0 Å². The van der Waals surface area contributed by atoms with Crippen LogP contribution in [0.4, 0.5) is 11.4 Å². The van der Waals surface area contributed by atoms with Crippen molar-refractivity contribution in [2.24, 2.45) is 10.2 Å². The zero-order chi connectivity index (χ0) is 15.9. The molecule has 0 spiro atoms. The van der Waals surface area contributed by atoms with Gasteiger partial charge in [-0.05, 0) is 35.4 Å².